The SMILES string of the molecule is Cc1ccc2c(C(=CC(=O)C=C(c3ccc4ccccc4c3)c3cccc4cc(C)ccc34)c3ccc4ccccc4c3)cccc2c1. The molecule has 8 rings (SSSR count). The average molecular weight is 615 g/mol. The summed E-state index contributed by atoms with van der Waals surface area (Å²) in [7, 11) is 0. The number of allylic oxidation sites excluding steroid dienone is 2. The highest BCUT2D eigenvalue weighted by atomic mass is 16.1. The Kier molecular flexibility index (Phi) is 7.51. The lowest BCUT2D eigenvalue weighted by molar-refractivity contribution is -0.110. The molecule has 0 atom stereocenters. The van der Waals surface area contributed by atoms with Gasteiger partial charge in [-0.3, -0.25) is 4.79 Å². The van der Waals surface area contributed by atoms with Crippen molar-refractivity contribution in [3.05, 3.63) is 203 Å². The van der Waals surface area contributed by atoms with Gasteiger partial charge in [-0.15, -0.1) is 0 Å². The molecule has 0 aromatic heterocycles. The Hall–Kier alpha value is -6.05. The number of benzene rings is 8. The molecule has 0 saturated heterocycles. The third kappa shape index (κ3) is 5.61. The molecule has 0 fully saturated rings. The molecule has 0 heterocycles. The maximum Gasteiger partial charge on any atom is 0.179 e. The molecule has 0 spiro atoms. The highest BCUT2D eigenvalue weighted by molar-refractivity contribution is 6.15. The molecule has 0 aliphatic heterocycles. The Morgan fingerprint density at radius 2 is 0.812 bits per heavy atom. The Bertz CT molecular complexity index is 2420. The molecule has 0 aliphatic carbocycles. The summed E-state index contributed by atoms with van der Waals surface area (Å²) in [5, 5.41) is 9.19. The molecule has 0 radical (unpaired) electrons. The van der Waals surface area contributed by atoms with E-state index in [0.717, 1.165) is 65.7 Å². The van der Waals surface area contributed by atoms with Crippen molar-refractivity contribution in [1.82, 2.24) is 0 Å². The number of carbonyl (C=O) groups excluding carboxylic acids is 1. The minimum absolute atomic E-state index is 0.0606. The van der Waals surface area contributed by atoms with Crippen LogP contribution in [0.25, 0.3) is 54.2 Å². The first-order valence-electron chi connectivity index (χ1n) is 16.5. The van der Waals surface area contributed by atoms with E-state index >= 15 is 0 Å². The summed E-state index contributed by atoms with van der Waals surface area (Å²) in [4.78, 5) is 14.5. The van der Waals surface area contributed by atoms with Crippen LogP contribution in [0, 0.1) is 13.8 Å². The van der Waals surface area contributed by atoms with Gasteiger partial charge in [0.1, 0.15) is 0 Å². The Morgan fingerprint density at radius 1 is 0.396 bits per heavy atom. The van der Waals surface area contributed by atoms with E-state index in [9.17, 15) is 4.79 Å². The second kappa shape index (κ2) is 12.3. The molecule has 0 unspecified atom stereocenters. The number of hydrogen-bond acceptors (Lipinski definition) is 1. The minimum Gasteiger partial charge on any atom is -0.290 e. The Labute approximate surface area is 281 Å². The summed E-state index contributed by atoms with van der Waals surface area (Å²) in [6.07, 6.45) is 3.66. The maximum atomic E-state index is 14.5. The third-order valence-electron chi connectivity index (χ3n) is 9.35. The van der Waals surface area contributed by atoms with E-state index < -0.39 is 0 Å². The fourth-order valence-electron chi connectivity index (χ4n) is 6.95. The van der Waals surface area contributed by atoms with Gasteiger partial charge in [-0.25, -0.2) is 0 Å². The van der Waals surface area contributed by atoms with Crippen molar-refractivity contribution in [2.45, 2.75) is 13.8 Å². The van der Waals surface area contributed by atoms with Gasteiger partial charge in [0.25, 0.3) is 0 Å². The lowest BCUT2D eigenvalue weighted by atomic mass is 9.89. The van der Waals surface area contributed by atoms with Crippen LogP contribution in [0.2, 0.25) is 0 Å². The molecule has 228 valence electrons. The second-order valence-corrected chi connectivity index (χ2v) is 12.7. The van der Waals surface area contributed by atoms with Gasteiger partial charge in [0, 0.05) is 0 Å². The fraction of sp³-hybridized carbons (Fsp3) is 0.0426. The van der Waals surface area contributed by atoms with Crippen LogP contribution in [0.5, 0.6) is 0 Å². The smallest absolute Gasteiger partial charge is 0.179 e. The number of rotatable bonds is 6. The van der Waals surface area contributed by atoms with Crippen molar-refractivity contribution in [3.63, 3.8) is 0 Å². The zero-order chi connectivity index (χ0) is 32.6. The standard InChI is InChI=1S/C47H34O/c1-31-17-23-42-37(25-31)13-7-15-44(42)46(39-21-19-33-9-3-5-11-35(33)27-39)29-41(48)30-47(40-22-20-34-10-4-6-12-36(34)28-40)45-16-8-14-38-26-32(2)18-24-43(38)45/h3-30H,1-2H3. The van der Waals surface area contributed by atoms with E-state index in [1.54, 1.807) is 0 Å². The van der Waals surface area contributed by atoms with Crippen LogP contribution in [0.4, 0.5) is 0 Å². The number of carbonyl (C=O) groups is 1. The van der Waals surface area contributed by atoms with Crippen molar-refractivity contribution in [2.75, 3.05) is 0 Å². The largest absolute Gasteiger partial charge is 0.290 e. The summed E-state index contributed by atoms with van der Waals surface area (Å²) < 4.78 is 0. The normalized spacial score (nSPS) is 12.3. The van der Waals surface area contributed by atoms with Crippen LogP contribution in [0.3, 0.4) is 0 Å². The molecule has 0 amide bonds. The van der Waals surface area contributed by atoms with E-state index in [0.29, 0.717) is 0 Å². The molecule has 0 N–H and O–H groups in total. The Balaban J connectivity index is 1.36. The van der Waals surface area contributed by atoms with Crippen LogP contribution >= 0.6 is 0 Å². The van der Waals surface area contributed by atoms with Gasteiger partial charge in [-0.2, -0.15) is 0 Å². The van der Waals surface area contributed by atoms with Gasteiger partial charge >= 0.3 is 0 Å². The molecule has 48 heavy (non-hydrogen) atoms. The summed E-state index contributed by atoms with van der Waals surface area (Å²) in [6.45, 7) is 4.23. The van der Waals surface area contributed by atoms with Gasteiger partial charge in [-0.05, 0) is 115 Å². The summed E-state index contributed by atoms with van der Waals surface area (Å²) >= 11 is 0. The van der Waals surface area contributed by atoms with E-state index in [1.165, 1.54) is 21.9 Å². The summed E-state index contributed by atoms with van der Waals surface area (Å²) in [6, 6.07) is 55.5. The third-order valence-corrected chi connectivity index (χ3v) is 9.35. The zero-order valence-electron chi connectivity index (χ0n) is 27.1. The molecule has 0 bridgehead atoms. The number of hydrogen-bond donors (Lipinski definition) is 0. The van der Waals surface area contributed by atoms with Crippen LogP contribution in [0.1, 0.15) is 33.4 Å². The number of ketones is 1. The van der Waals surface area contributed by atoms with Crippen molar-refractivity contribution in [2.24, 2.45) is 0 Å². The van der Waals surface area contributed by atoms with E-state index in [4.69, 9.17) is 0 Å². The predicted octanol–water partition coefficient (Wildman–Crippen LogP) is 12.0. The molecular weight excluding hydrogens is 581 g/mol. The van der Waals surface area contributed by atoms with Crippen molar-refractivity contribution >= 4 is 60.0 Å². The molecule has 8 aromatic carbocycles. The lowest BCUT2D eigenvalue weighted by Gasteiger charge is -2.15. The molecule has 1 nitrogen and oxygen atoms in total. The van der Waals surface area contributed by atoms with E-state index in [2.05, 4.69) is 172 Å². The van der Waals surface area contributed by atoms with Crippen LogP contribution in [-0.2, 0) is 4.79 Å². The van der Waals surface area contributed by atoms with Crippen molar-refractivity contribution in [3.8, 4) is 0 Å². The topological polar surface area (TPSA) is 17.1 Å². The van der Waals surface area contributed by atoms with Crippen molar-refractivity contribution < 1.29 is 4.79 Å². The van der Waals surface area contributed by atoms with Crippen LogP contribution < -0.4 is 0 Å². The Morgan fingerprint density at radius 3 is 1.27 bits per heavy atom. The first-order valence-corrected chi connectivity index (χ1v) is 16.5. The minimum atomic E-state index is -0.0606. The highest BCUT2D eigenvalue weighted by Gasteiger charge is 2.15. The average Bonchev–Trinajstić information content (AvgIpc) is 3.12. The number of aryl methyl sites for hydroxylation is 2. The first-order chi connectivity index (χ1) is 23.5. The van der Waals surface area contributed by atoms with Crippen LogP contribution in [-0.4, -0.2) is 5.78 Å². The fourth-order valence-corrected chi connectivity index (χ4v) is 6.95. The molecular formula is C47H34O. The highest BCUT2D eigenvalue weighted by Crippen LogP contribution is 2.35. The van der Waals surface area contributed by atoms with Gasteiger partial charge in [0.15, 0.2) is 5.78 Å². The summed E-state index contributed by atoms with van der Waals surface area (Å²) in [5.74, 6) is -0.0606. The molecule has 0 saturated carbocycles. The molecule has 8 aromatic rings. The van der Waals surface area contributed by atoms with Gasteiger partial charge in [0.2, 0.25) is 0 Å². The zero-order valence-corrected chi connectivity index (χ0v) is 27.1. The van der Waals surface area contributed by atoms with E-state index in [1.807, 2.05) is 12.2 Å². The quantitative estimate of drug-likeness (QED) is 0.170. The maximum absolute atomic E-state index is 14.5. The lowest BCUT2D eigenvalue weighted by Crippen LogP contribution is -1.99. The van der Waals surface area contributed by atoms with Gasteiger partial charge < -0.3 is 0 Å². The number of fused-ring (bicyclic) bond motifs is 4. The predicted molar refractivity (Wildman–Crippen MR) is 204 cm³/mol. The summed E-state index contributed by atoms with van der Waals surface area (Å²) in [5.41, 5.74) is 8.33. The van der Waals surface area contributed by atoms with Crippen LogP contribution in [0.15, 0.2) is 170 Å². The van der Waals surface area contributed by atoms with Gasteiger partial charge in [0.05, 0.1) is 0 Å². The molecule has 0 aliphatic rings. The first kappa shape index (κ1) is 29.4. The van der Waals surface area contributed by atoms with Gasteiger partial charge in [-0.1, -0.05) is 157 Å². The molecule has 1 heteroatoms. The second-order valence-electron chi connectivity index (χ2n) is 12.7. The van der Waals surface area contributed by atoms with Crippen molar-refractivity contribution in [1.29, 1.82) is 0 Å². The van der Waals surface area contributed by atoms with E-state index in [-0.39, 0.29) is 5.78 Å². The monoisotopic (exact) mass is 614 g/mol.